The van der Waals surface area contributed by atoms with Gasteiger partial charge in [0.1, 0.15) is 30.1 Å². The highest BCUT2D eigenvalue weighted by Gasteiger charge is 2.55. The van der Waals surface area contributed by atoms with Gasteiger partial charge in [-0.25, -0.2) is 4.79 Å². The van der Waals surface area contributed by atoms with E-state index in [1.807, 2.05) is 72.8 Å². The topological polar surface area (TPSA) is 135 Å². The first-order valence-corrected chi connectivity index (χ1v) is 18.3. The number of nitrogens with zero attached hydrogens (tertiary/aromatic N) is 1. The largest absolute Gasteiger partial charge is 0.508 e. The summed E-state index contributed by atoms with van der Waals surface area (Å²) in [4.78, 5) is 42.9. The van der Waals surface area contributed by atoms with Gasteiger partial charge in [-0.1, -0.05) is 97.1 Å². The average Bonchev–Trinajstić information content (AvgIpc) is 3.74. The van der Waals surface area contributed by atoms with Gasteiger partial charge in [-0.15, -0.1) is 0 Å². The van der Waals surface area contributed by atoms with Gasteiger partial charge >= 0.3 is 5.97 Å². The highest BCUT2D eigenvalue weighted by Crippen LogP contribution is 2.45. The van der Waals surface area contributed by atoms with Crippen LogP contribution in [0, 0.1) is 0 Å². The molecule has 0 radical (unpaired) electrons. The van der Waals surface area contributed by atoms with Gasteiger partial charge in [0.15, 0.2) is 5.79 Å². The zero-order chi connectivity index (χ0) is 37.7. The van der Waals surface area contributed by atoms with Crippen molar-refractivity contribution in [2.45, 2.75) is 62.2 Å². The van der Waals surface area contributed by atoms with E-state index in [-0.39, 0.29) is 31.7 Å². The van der Waals surface area contributed by atoms with Crippen molar-refractivity contribution in [2.75, 3.05) is 20.2 Å². The molecule has 4 atom stereocenters. The molecule has 0 aromatic heterocycles. The molecule has 1 saturated heterocycles. The molecule has 10 nitrogen and oxygen atoms in total. The molecule has 10 heteroatoms. The summed E-state index contributed by atoms with van der Waals surface area (Å²) in [6.45, 7) is -0.178. The van der Waals surface area contributed by atoms with Gasteiger partial charge in [0.2, 0.25) is 11.8 Å². The average molecular weight is 729 g/mol. The number of benzene rings is 4. The number of hydrogen-bond donors (Lipinski definition) is 3. The standard InChI is InChI=1S/C44H44N2O8/c1-46(36(41(49)45-21-22-47)24-30-11-3-2-4-12-30)42(50)35-25-38(40-39(26-35)53-44(54-40)27-33-16-5-6-17-34(33)28-44)52-43(51)32-19-10-14-29(23-32)13-9-18-31-15-7-8-20-37(31)48/h2-17,19-20,23,26,36,38-40,47-48H,18,21-22,24-25,27-28H2,1H3,(H,45,49)/t36-,38-,39-,40+/m1/s1. The van der Waals surface area contributed by atoms with E-state index in [0.717, 1.165) is 27.8 Å². The van der Waals surface area contributed by atoms with E-state index >= 15 is 0 Å². The van der Waals surface area contributed by atoms with Crippen molar-refractivity contribution in [1.29, 1.82) is 0 Å². The van der Waals surface area contributed by atoms with Gasteiger partial charge in [-0.2, -0.15) is 0 Å². The Bertz CT molecular complexity index is 2040. The maximum atomic E-state index is 14.3. The molecular weight excluding hydrogens is 684 g/mol. The monoisotopic (exact) mass is 728 g/mol. The number of ether oxygens (including phenoxy) is 3. The number of likely N-dealkylation sites (N-methyl/N-ethyl adjacent to an activating group) is 1. The Balaban J connectivity index is 1.13. The second kappa shape index (κ2) is 16.2. The third-order valence-corrected chi connectivity index (χ3v) is 10.3. The van der Waals surface area contributed by atoms with Crippen molar-refractivity contribution >= 4 is 23.9 Å². The number of phenolic OH excluding ortho intramolecular Hbond substituents is 1. The van der Waals surface area contributed by atoms with Crippen LogP contribution < -0.4 is 5.32 Å². The highest BCUT2D eigenvalue weighted by atomic mass is 16.8. The highest BCUT2D eigenvalue weighted by molar-refractivity contribution is 5.97. The van der Waals surface area contributed by atoms with Gasteiger partial charge in [0.25, 0.3) is 0 Å². The Kier molecular flexibility index (Phi) is 11.1. The number of rotatable bonds is 12. The van der Waals surface area contributed by atoms with Gasteiger partial charge in [-0.3, -0.25) is 9.59 Å². The summed E-state index contributed by atoms with van der Waals surface area (Å²) >= 11 is 0. The molecule has 3 N–H and O–H groups in total. The molecule has 54 heavy (non-hydrogen) atoms. The molecule has 3 aliphatic rings. The third-order valence-electron chi connectivity index (χ3n) is 10.3. The third kappa shape index (κ3) is 8.16. The first kappa shape index (κ1) is 36.8. The number of amides is 2. The smallest absolute Gasteiger partial charge is 0.338 e. The fourth-order valence-corrected chi connectivity index (χ4v) is 7.54. The quantitative estimate of drug-likeness (QED) is 0.175. The van der Waals surface area contributed by atoms with Gasteiger partial charge < -0.3 is 34.6 Å². The van der Waals surface area contributed by atoms with Crippen LogP contribution in [0.2, 0.25) is 0 Å². The summed E-state index contributed by atoms with van der Waals surface area (Å²) in [5.74, 6) is -2.10. The number of carbonyl (C=O) groups is 3. The van der Waals surface area contributed by atoms with Crippen LogP contribution in [0.3, 0.4) is 0 Å². The Morgan fingerprint density at radius 2 is 1.67 bits per heavy atom. The van der Waals surface area contributed by atoms with Gasteiger partial charge in [-0.05, 0) is 58.5 Å². The number of allylic oxidation sites excluding steroid dienone is 1. The van der Waals surface area contributed by atoms with Crippen molar-refractivity contribution in [3.8, 4) is 5.75 Å². The normalized spacial score (nSPS) is 20.2. The Morgan fingerprint density at radius 1 is 0.944 bits per heavy atom. The van der Waals surface area contributed by atoms with Gasteiger partial charge in [0.05, 0.1) is 12.2 Å². The molecule has 7 rings (SSSR count). The lowest BCUT2D eigenvalue weighted by Gasteiger charge is -2.33. The minimum absolute atomic E-state index is 0.0545. The lowest BCUT2D eigenvalue weighted by atomic mass is 9.90. The molecular formula is C44H44N2O8. The molecule has 4 aromatic carbocycles. The van der Waals surface area contributed by atoms with Crippen molar-refractivity contribution in [1.82, 2.24) is 10.2 Å². The molecule has 278 valence electrons. The van der Waals surface area contributed by atoms with E-state index in [1.54, 1.807) is 43.5 Å². The summed E-state index contributed by atoms with van der Waals surface area (Å²) in [6, 6.07) is 30.8. The summed E-state index contributed by atoms with van der Waals surface area (Å²) in [5, 5.41) is 22.2. The first-order chi connectivity index (χ1) is 26.2. The van der Waals surface area contributed by atoms with E-state index in [0.29, 0.717) is 30.4 Å². The summed E-state index contributed by atoms with van der Waals surface area (Å²) < 4.78 is 19.5. The predicted octanol–water partition coefficient (Wildman–Crippen LogP) is 4.96. The zero-order valence-corrected chi connectivity index (χ0v) is 30.1. The minimum Gasteiger partial charge on any atom is -0.508 e. The molecule has 0 saturated carbocycles. The van der Waals surface area contributed by atoms with Crippen LogP contribution in [0.4, 0.5) is 0 Å². The lowest BCUT2D eigenvalue weighted by molar-refractivity contribution is -0.172. The Morgan fingerprint density at radius 3 is 2.41 bits per heavy atom. The van der Waals surface area contributed by atoms with Crippen LogP contribution in [0.1, 0.15) is 44.6 Å². The van der Waals surface area contributed by atoms with Crippen LogP contribution in [0.15, 0.2) is 121 Å². The predicted molar refractivity (Wildman–Crippen MR) is 202 cm³/mol. The molecule has 2 aliphatic carbocycles. The number of hydrogen-bond acceptors (Lipinski definition) is 8. The fraction of sp³-hybridized carbons (Fsp3) is 0.295. The number of para-hydroxylation sites is 1. The second-order valence-corrected chi connectivity index (χ2v) is 14.0. The summed E-state index contributed by atoms with van der Waals surface area (Å²) in [7, 11) is 1.59. The number of carbonyl (C=O) groups excluding carboxylic acids is 3. The van der Waals surface area contributed by atoms with E-state index in [2.05, 4.69) is 17.4 Å². The number of aromatic hydroxyl groups is 1. The number of nitrogens with one attached hydrogen (secondary N) is 1. The SMILES string of the molecule is CN(C(=O)C1=C[C@H]2OC3(Cc4ccccc4C3)O[C@H]2[C@H](OC(=O)c2cccc(C=CCc3ccccc3O)c2)C1)[C@H](Cc1ccccc1)C(=O)NCCO. The maximum absolute atomic E-state index is 14.3. The lowest BCUT2D eigenvalue weighted by Crippen LogP contribution is -2.51. The first-order valence-electron chi connectivity index (χ1n) is 18.3. The maximum Gasteiger partial charge on any atom is 0.338 e. The van der Waals surface area contributed by atoms with Crippen LogP contribution >= 0.6 is 0 Å². The zero-order valence-electron chi connectivity index (χ0n) is 30.1. The van der Waals surface area contributed by atoms with Crippen molar-refractivity contribution < 1.29 is 38.8 Å². The number of aliphatic hydroxyl groups excluding tert-OH is 1. The van der Waals surface area contributed by atoms with E-state index in [9.17, 15) is 24.6 Å². The molecule has 4 aromatic rings. The number of esters is 1. The molecule has 1 spiro atoms. The van der Waals surface area contributed by atoms with Crippen molar-refractivity contribution in [2.24, 2.45) is 0 Å². The molecule has 1 heterocycles. The van der Waals surface area contributed by atoms with Crippen LogP contribution in [0.25, 0.3) is 6.08 Å². The van der Waals surface area contributed by atoms with E-state index in [1.165, 1.54) is 4.90 Å². The van der Waals surface area contributed by atoms with Crippen LogP contribution in [-0.4, -0.2) is 83.2 Å². The number of fused-ring (bicyclic) bond motifs is 2. The molecule has 0 unspecified atom stereocenters. The van der Waals surface area contributed by atoms with Crippen molar-refractivity contribution in [3.05, 3.63) is 154 Å². The van der Waals surface area contributed by atoms with Crippen LogP contribution in [-0.2, 0) is 49.5 Å². The van der Waals surface area contributed by atoms with Crippen LogP contribution in [0.5, 0.6) is 5.75 Å². The Hall–Kier alpha value is -5.55. The summed E-state index contributed by atoms with van der Waals surface area (Å²) in [5.41, 5.74) is 5.37. The summed E-state index contributed by atoms with van der Waals surface area (Å²) in [6.07, 6.45) is 5.22. The fourth-order valence-electron chi connectivity index (χ4n) is 7.54. The van der Waals surface area contributed by atoms with E-state index < -0.39 is 47.9 Å². The molecule has 0 bridgehead atoms. The molecule has 1 aliphatic heterocycles. The minimum atomic E-state index is -0.970. The second-order valence-electron chi connectivity index (χ2n) is 14.0. The van der Waals surface area contributed by atoms with Crippen molar-refractivity contribution in [3.63, 3.8) is 0 Å². The van der Waals surface area contributed by atoms with E-state index in [4.69, 9.17) is 14.2 Å². The molecule has 2 amide bonds. The number of phenols is 1. The Labute approximate surface area is 314 Å². The molecule has 1 fully saturated rings. The number of aliphatic hydroxyl groups is 1. The van der Waals surface area contributed by atoms with Gasteiger partial charge in [0, 0.05) is 44.8 Å².